The van der Waals surface area contributed by atoms with Crippen molar-refractivity contribution in [3.63, 3.8) is 0 Å². The van der Waals surface area contributed by atoms with Crippen LogP contribution in [-0.2, 0) is 10.9 Å². The highest BCUT2D eigenvalue weighted by molar-refractivity contribution is 6.03. The van der Waals surface area contributed by atoms with Gasteiger partial charge in [-0.15, -0.1) is 0 Å². The van der Waals surface area contributed by atoms with Crippen molar-refractivity contribution in [3.8, 4) is 0 Å². The van der Waals surface area contributed by atoms with Crippen LogP contribution in [0.5, 0.6) is 0 Å². The number of benzene rings is 1. The van der Waals surface area contributed by atoms with Gasteiger partial charge in [0.05, 0.1) is 18.2 Å². The van der Waals surface area contributed by atoms with Crippen LogP contribution in [0, 0.1) is 0 Å². The standard InChI is InChI=1S/C12H12F3NO3/c1-3-10(17)6-4-7(11(18)19-2)9(16)5-8(6)12(13,14)15/h4-5H,3,16H2,1-2H3. The first-order valence-electron chi connectivity index (χ1n) is 5.34. The third kappa shape index (κ3) is 3.04. The van der Waals surface area contributed by atoms with Gasteiger partial charge in [-0.3, -0.25) is 4.79 Å². The average Bonchev–Trinajstić information content (AvgIpc) is 2.35. The maximum atomic E-state index is 12.8. The van der Waals surface area contributed by atoms with Gasteiger partial charge in [0.2, 0.25) is 0 Å². The average molecular weight is 275 g/mol. The molecule has 7 heteroatoms. The molecule has 0 radical (unpaired) electrons. The van der Waals surface area contributed by atoms with Crippen molar-refractivity contribution in [2.24, 2.45) is 0 Å². The molecule has 0 aliphatic carbocycles. The number of esters is 1. The molecule has 0 saturated heterocycles. The van der Waals surface area contributed by atoms with Crippen molar-refractivity contribution in [2.45, 2.75) is 19.5 Å². The minimum atomic E-state index is -4.72. The number of carbonyl (C=O) groups excluding carboxylic acids is 2. The van der Waals surface area contributed by atoms with Crippen LogP contribution in [0.2, 0.25) is 0 Å². The van der Waals surface area contributed by atoms with Crippen LogP contribution in [0.4, 0.5) is 18.9 Å². The second kappa shape index (κ2) is 5.29. The Balaban J connectivity index is 3.55. The largest absolute Gasteiger partial charge is 0.465 e. The number of ketones is 1. The SMILES string of the molecule is CCC(=O)c1cc(C(=O)OC)c(N)cc1C(F)(F)F. The van der Waals surface area contributed by atoms with E-state index in [9.17, 15) is 22.8 Å². The predicted molar refractivity (Wildman–Crippen MR) is 61.8 cm³/mol. The van der Waals surface area contributed by atoms with Gasteiger partial charge in [-0.05, 0) is 12.1 Å². The molecule has 19 heavy (non-hydrogen) atoms. The van der Waals surface area contributed by atoms with E-state index in [0.717, 1.165) is 13.2 Å². The quantitative estimate of drug-likeness (QED) is 0.523. The molecule has 0 aliphatic rings. The van der Waals surface area contributed by atoms with Crippen LogP contribution in [0.1, 0.15) is 39.6 Å². The van der Waals surface area contributed by atoms with Gasteiger partial charge in [0, 0.05) is 17.7 Å². The van der Waals surface area contributed by atoms with Gasteiger partial charge >= 0.3 is 12.1 Å². The molecule has 0 amide bonds. The van der Waals surface area contributed by atoms with Gasteiger partial charge < -0.3 is 10.5 Å². The lowest BCUT2D eigenvalue weighted by molar-refractivity contribution is -0.137. The van der Waals surface area contributed by atoms with Crippen molar-refractivity contribution >= 4 is 17.4 Å². The summed E-state index contributed by atoms with van der Waals surface area (Å²) in [5.41, 5.74) is 3.03. The topological polar surface area (TPSA) is 69.4 Å². The van der Waals surface area contributed by atoms with Crippen molar-refractivity contribution in [1.29, 1.82) is 0 Å². The van der Waals surface area contributed by atoms with Crippen molar-refractivity contribution in [1.82, 2.24) is 0 Å². The Morgan fingerprint density at radius 3 is 2.26 bits per heavy atom. The summed E-state index contributed by atoms with van der Waals surface area (Å²) in [5.74, 6) is -1.62. The lowest BCUT2D eigenvalue weighted by Gasteiger charge is -2.14. The molecule has 2 N–H and O–H groups in total. The van der Waals surface area contributed by atoms with Crippen molar-refractivity contribution in [2.75, 3.05) is 12.8 Å². The number of halogens is 3. The van der Waals surface area contributed by atoms with Gasteiger partial charge in [-0.1, -0.05) is 6.92 Å². The lowest BCUT2D eigenvalue weighted by atomic mass is 9.97. The molecule has 1 aromatic carbocycles. The van der Waals surface area contributed by atoms with Gasteiger partial charge in [-0.2, -0.15) is 13.2 Å². The van der Waals surface area contributed by atoms with Crippen LogP contribution >= 0.6 is 0 Å². The number of alkyl halides is 3. The Morgan fingerprint density at radius 2 is 1.84 bits per heavy atom. The first-order valence-corrected chi connectivity index (χ1v) is 5.34. The summed E-state index contributed by atoms with van der Waals surface area (Å²) in [6.45, 7) is 1.43. The molecule has 0 fully saturated rings. The predicted octanol–water partition coefficient (Wildman–Crippen LogP) is 2.67. The summed E-state index contributed by atoms with van der Waals surface area (Å²) in [6, 6.07) is 1.41. The molecular formula is C12H12F3NO3. The summed E-state index contributed by atoms with van der Waals surface area (Å²) in [4.78, 5) is 22.9. The number of nitrogen functional groups attached to an aromatic ring is 1. The zero-order valence-corrected chi connectivity index (χ0v) is 10.3. The van der Waals surface area contributed by atoms with Gasteiger partial charge in [0.1, 0.15) is 0 Å². The summed E-state index contributed by atoms with van der Waals surface area (Å²) in [6.07, 6.45) is -4.84. The van der Waals surface area contributed by atoms with Gasteiger partial charge in [0.15, 0.2) is 5.78 Å². The normalized spacial score (nSPS) is 11.2. The Morgan fingerprint density at radius 1 is 1.26 bits per heavy atom. The molecule has 4 nitrogen and oxygen atoms in total. The number of nitrogens with two attached hydrogens (primary N) is 1. The Kier molecular flexibility index (Phi) is 4.18. The number of methoxy groups -OCH3 is 1. The zero-order valence-electron chi connectivity index (χ0n) is 10.3. The van der Waals surface area contributed by atoms with E-state index in [2.05, 4.69) is 4.74 Å². The van der Waals surface area contributed by atoms with Gasteiger partial charge in [0.25, 0.3) is 0 Å². The third-order valence-corrected chi connectivity index (χ3v) is 2.52. The van der Waals surface area contributed by atoms with Gasteiger partial charge in [-0.25, -0.2) is 4.79 Å². The van der Waals surface area contributed by atoms with E-state index in [0.29, 0.717) is 6.07 Å². The number of hydrogen-bond donors (Lipinski definition) is 1. The fraction of sp³-hybridized carbons (Fsp3) is 0.333. The fourth-order valence-electron chi connectivity index (χ4n) is 1.56. The molecule has 0 spiro atoms. The third-order valence-electron chi connectivity index (χ3n) is 2.52. The highest BCUT2D eigenvalue weighted by Crippen LogP contribution is 2.35. The van der Waals surface area contributed by atoms with E-state index in [1.807, 2.05) is 0 Å². The van der Waals surface area contributed by atoms with E-state index < -0.39 is 29.1 Å². The second-order valence-electron chi connectivity index (χ2n) is 3.75. The molecule has 0 saturated carbocycles. The summed E-state index contributed by atoms with van der Waals surface area (Å²) in [7, 11) is 1.07. The van der Waals surface area contributed by atoms with E-state index in [-0.39, 0.29) is 17.7 Å². The van der Waals surface area contributed by atoms with E-state index in [4.69, 9.17) is 5.73 Å². The summed E-state index contributed by atoms with van der Waals surface area (Å²) >= 11 is 0. The first-order chi connectivity index (χ1) is 8.72. The number of anilines is 1. The highest BCUT2D eigenvalue weighted by atomic mass is 19.4. The molecule has 0 heterocycles. The lowest BCUT2D eigenvalue weighted by Crippen LogP contribution is -2.16. The summed E-state index contributed by atoms with van der Waals surface area (Å²) in [5, 5.41) is 0. The van der Waals surface area contributed by atoms with E-state index >= 15 is 0 Å². The number of carbonyl (C=O) groups is 2. The number of ether oxygens (including phenoxy) is 1. The Bertz CT molecular complexity index is 524. The van der Waals surface area contributed by atoms with Crippen LogP contribution in [0.25, 0.3) is 0 Å². The number of hydrogen-bond acceptors (Lipinski definition) is 4. The van der Waals surface area contributed by atoms with E-state index in [1.54, 1.807) is 0 Å². The minimum absolute atomic E-state index is 0.117. The molecule has 0 bridgehead atoms. The summed E-state index contributed by atoms with van der Waals surface area (Å²) < 4.78 is 42.8. The molecule has 104 valence electrons. The Hall–Kier alpha value is -2.05. The maximum Gasteiger partial charge on any atom is 0.417 e. The monoisotopic (exact) mass is 275 g/mol. The van der Waals surface area contributed by atoms with Crippen LogP contribution in [0.3, 0.4) is 0 Å². The van der Waals surface area contributed by atoms with E-state index in [1.165, 1.54) is 6.92 Å². The fourth-order valence-corrected chi connectivity index (χ4v) is 1.56. The van der Waals surface area contributed by atoms with Crippen molar-refractivity contribution in [3.05, 3.63) is 28.8 Å². The second-order valence-corrected chi connectivity index (χ2v) is 3.75. The van der Waals surface area contributed by atoms with Crippen LogP contribution < -0.4 is 5.73 Å². The molecule has 0 aromatic heterocycles. The van der Waals surface area contributed by atoms with Crippen LogP contribution in [-0.4, -0.2) is 18.9 Å². The van der Waals surface area contributed by atoms with Crippen molar-refractivity contribution < 1.29 is 27.5 Å². The Labute approximate surface area is 107 Å². The molecule has 1 rings (SSSR count). The number of Topliss-reactive ketones (excluding diaryl/α,β-unsaturated/α-hetero) is 1. The molecule has 0 aliphatic heterocycles. The zero-order chi connectivity index (χ0) is 14.8. The highest BCUT2D eigenvalue weighted by Gasteiger charge is 2.36. The first kappa shape index (κ1) is 15.0. The molecule has 0 unspecified atom stereocenters. The molecular weight excluding hydrogens is 263 g/mol. The maximum absolute atomic E-state index is 12.8. The van der Waals surface area contributed by atoms with Crippen LogP contribution in [0.15, 0.2) is 12.1 Å². The number of rotatable bonds is 3. The smallest absolute Gasteiger partial charge is 0.417 e. The molecule has 0 atom stereocenters. The molecule has 1 aromatic rings. The minimum Gasteiger partial charge on any atom is -0.465 e.